The Morgan fingerprint density at radius 3 is 2.70 bits per heavy atom. The third-order valence-corrected chi connectivity index (χ3v) is 5.83. The fourth-order valence-corrected chi connectivity index (χ4v) is 3.56. The van der Waals surface area contributed by atoms with E-state index in [0.717, 1.165) is 29.6 Å². The molecule has 0 saturated carbocycles. The number of pyridine rings is 1. The quantitative estimate of drug-likeness (QED) is 0.238. The molecule has 0 saturated heterocycles. The van der Waals surface area contributed by atoms with Crippen molar-refractivity contribution >= 4 is 40.4 Å². The van der Waals surface area contributed by atoms with E-state index >= 15 is 0 Å². The van der Waals surface area contributed by atoms with Gasteiger partial charge in [-0.25, -0.2) is 9.78 Å². The largest absolute Gasteiger partial charge is 0.444 e. The summed E-state index contributed by atoms with van der Waals surface area (Å²) in [6, 6.07) is 9.17. The topological polar surface area (TPSA) is 121 Å². The minimum absolute atomic E-state index is 0.244. The van der Waals surface area contributed by atoms with Crippen LogP contribution in [0.1, 0.15) is 59.4 Å². The van der Waals surface area contributed by atoms with Gasteiger partial charge in [-0.15, -0.1) is 0 Å². The smallest absolute Gasteiger partial charge is 0.410 e. The molecule has 0 bridgehead atoms. The van der Waals surface area contributed by atoms with E-state index in [0.29, 0.717) is 36.7 Å². The SMILES string of the molecule is CCCNc1nc(Nc2ccc3ncccc3c2)ncc1C#CCCCNC(=O)[C@H](C)N(C)C(=O)OC(C)(C)C. The summed E-state index contributed by atoms with van der Waals surface area (Å²) in [5, 5.41) is 10.5. The average Bonchev–Trinajstić information content (AvgIpc) is 2.92. The molecule has 10 nitrogen and oxygen atoms in total. The number of benzene rings is 1. The molecule has 0 fully saturated rings. The van der Waals surface area contributed by atoms with E-state index < -0.39 is 17.7 Å². The molecule has 3 rings (SSSR count). The Labute approximate surface area is 236 Å². The summed E-state index contributed by atoms with van der Waals surface area (Å²) < 4.78 is 5.32. The molecule has 1 aromatic carbocycles. The number of anilines is 3. The van der Waals surface area contributed by atoms with Gasteiger partial charge in [-0.2, -0.15) is 4.98 Å². The molecule has 2 aromatic heterocycles. The molecular formula is C30H39N7O3. The van der Waals surface area contributed by atoms with E-state index in [1.54, 1.807) is 47.1 Å². The number of likely N-dealkylation sites (N-methyl/N-ethyl adjacent to an activating group) is 1. The van der Waals surface area contributed by atoms with Crippen LogP contribution in [0.25, 0.3) is 10.9 Å². The molecule has 0 spiro atoms. The van der Waals surface area contributed by atoms with Crippen molar-refractivity contribution in [3.8, 4) is 11.8 Å². The second kappa shape index (κ2) is 14.1. The molecular weight excluding hydrogens is 506 g/mol. The first-order valence-electron chi connectivity index (χ1n) is 13.5. The molecule has 40 heavy (non-hydrogen) atoms. The van der Waals surface area contributed by atoms with Crippen molar-refractivity contribution in [2.45, 2.75) is 65.5 Å². The number of nitrogens with one attached hydrogen (secondary N) is 3. The third-order valence-electron chi connectivity index (χ3n) is 5.83. The minimum atomic E-state index is -0.649. The number of aromatic nitrogens is 3. The maximum absolute atomic E-state index is 12.5. The van der Waals surface area contributed by atoms with Crippen molar-refractivity contribution in [1.82, 2.24) is 25.2 Å². The van der Waals surface area contributed by atoms with Gasteiger partial charge in [0.25, 0.3) is 0 Å². The van der Waals surface area contributed by atoms with E-state index in [2.05, 4.69) is 49.7 Å². The normalized spacial score (nSPS) is 11.7. The van der Waals surface area contributed by atoms with Gasteiger partial charge in [0.1, 0.15) is 17.5 Å². The third kappa shape index (κ3) is 9.12. The lowest BCUT2D eigenvalue weighted by atomic mass is 10.2. The van der Waals surface area contributed by atoms with Crippen LogP contribution in [0.3, 0.4) is 0 Å². The van der Waals surface area contributed by atoms with E-state index in [1.165, 1.54) is 4.90 Å². The molecule has 3 aromatic rings. The Bertz CT molecular complexity index is 1370. The number of carbonyl (C=O) groups excluding carboxylic acids is 2. The lowest BCUT2D eigenvalue weighted by molar-refractivity contribution is -0.125. The number of hydrogen-bond donors (Lipinski definition) is 3. The van der Waals surface area contributed by atoms with Gasteiger partial charge >= 0.3 is 6.09 Å². The van der Waals surface area contributed by atoms with Crippen LogP contribution in [0.5, 0.6) is 0 Å². The zero-order valence-corrected chi connectivity index (χ0v) is 24.2. The standard InChI is InChI=1S/C30H39N7O3/c1-7-16-32-26-23(20-34-28(36-26)35-24-14-15-25-22(19-24)13-11-18-31-25)12-9-8-10-17-33-27(38)21(2)37(6)29(39)40-30(3,4)5/h11,13-15,18-21H,7-8,10,16-17H2,1-6H3,(H,33,38)(H2,32,34,35,36)/t21-/m0/s1. The molecule has 0 aliphatic rings. The van der Waals surface area contributed by atoms with Crippen molar-refractivity contribution in [2.24, 2.45) is 0 Å². The summed E-state index contributed by atoms with van der Waals surface area (Å²) >= 11 is 0. The highest BCUT2D eigenvalue weighted by Crippen LogP contribution is 2.21. The Balaban J connectivity index is 1.54. The first-order chi connectivity index (χ1) is 19.1. The average molecular weight is 546 g/mol. The molecule has 0 aliphatic carbocycles. The van der Waals surface area contributed by atoms with E-state index in [-0.39, 0.29) is 5.91 Å². The highest BCUT2D eigenvalue weighted by Gasteiger charge is 2.26. The molecule has 0 unspecified atom stereocenters. The molecule has 10 heteroatoms. The van der Waals surface area contributed by atoms with Crippen molar-refractivity contribution in [3.63, 3.8) is 0 Å². The fourth-order valence-electron chi connectivity index (χ4n) is 3.56. The Kier molecular flexibility index (Phi) is 10.6. The lowest BCUT2D eigenvalue weighted by Gasteiger charge is -2.28. The van der Waals surface area contributed by atoms with Crippen LogP contribution in [-0.4, -0.2) is 63.6 Å². The summed E-state index contributed by atoms with van der Waals surface area (Å²) in [5.74, 6) is 7.19. The number of carbonyl (C=O) groups is 2. The molecule has 0 radical (unpaired) electrons. The van der Waals surface area contributed by atoms with Crippen LogP contribution >= 0.6 is 0 Å². The number of amides is 2. The summed E-state index contributed by atoms with van der Waals surface area (Å²) in [4.78, 5) is 39.4. The molecule has 2 heterocycles. The van der Waals surface area contributed by atoms with Crippen LogP contribution in [-0.2, 0) is 9.53 Å². The monoisotopic (exact) mass is 545 g/mol. The van der Waals surface area contributed by atoms with Gasteiger partial charge in [-0.3, -0.25) is 14.7 Å². The van der Waals surface area contributed by atoms with Crippen LogP contribution in [0.15, 0.2) is 42.7 Å². The number of nitrogens with zero attached hydrogens (tertiary/aromatic N) is 4. The fraction of sp³-hybridized carbons (Fsp3) is 0.433. The summed E-state index contributed by atoms with van der Waals surface area (Å²) in [6.07, 6.45) is 5.13. The van der Waals surface area contributed by atoms with Crippen LogP contribution in [0, 0.1) is 11.8 Å². The van der Waals surface area contributed by atoms with E-state index in [1.807, 2.05) is 30.3 Å². The summed E-state index contributed by atoms with van der Waals surface area (Å²) in [7, 11) is 1.55. The lowest BCUT2D eigenvalue weighted by Crippen LogP contribution is -2.47. The number of hydrogen-bond acceptors (Lipinski definition) is 8. The maximum Gasteiger partial charge on any atom is 0.410 e. The van der Waals surface area contributed by atoms with Crippen LogP contribution < -0.4 is 16.0 Å². The number of fused-ring (bicyclic) bond motifs is 1. The predicted molar refractivity (Wildman–Crippen MR) is 158 cm³/mol. The van der Waals surface area contributed by atoms with Gasteiger partial charge in [0, 0.05) is 43.8 Å². The Hall–Kier alpha value is -4.39. The van der Waals surface area contributed by atoms with Crippen molar-refractivity contribution in [2.75, 3.05) is 30.8 Å². The zero-order valence-electron chi connectivity index (χ0n) is 24.2. The van der Waals surface area contributed by atoms with Gasteiger partial charge in [0.2, 0.25) is 11.9 Å². The second-order valence-corrected chi connectivity index (χ2v) is 10.4. The second-order valence-electron chi connectivity index (χ2n) is 10.4. The first-order valence-corrected chi connectivity index (χ1v) is 13.5. The molecule has 212 valence electrons. The van der Waals surface area contributed by atoms with Crippen molar-refractivity contribution in [1.29, 1.82) is 0 Å². The minimum Gasteiger partial charge on any atom is -0.444 e. The molecule has 1 atom stereocenters. The highest BCUT2D eigenvalue weighted by molar-refractivity contribution is 5.85. The van der Waals surface area contributed by atoms with Gasteiger partial charge in [-0.05, 0) is 64.8 Å². The molecule has 0 aliphatic heterocycles. The molecule has 3 N–H and O–H groups in total. The Morgan fingerprint density at radius 1 is 1.15 bits per heavy atom. The van der Waals surface area contributed by atoms with Crippen molar-refractivity contribution in [3.05, 3.63) is 48.3 Å². The van der Waals surface area contributed by atoms with Gasteiger partial charge in [0.15, 0.2) is 0 Å². The van der Waals surface area contributed by atoms with Crippen LogP contribution in [0.4, 0.5) is 22.2 Å². The zero-order chi connectivity index (χ0) is 29.1. The van der Waals surface area contributed by atoms with Gasteiger partial charge < -0.3 is 20.7 Å². The molecule has 2 amide bonds. The summed E-state index contributed by atoms with van der Waals surface area (Å²) in [5.41, 5.74) is 1.88. The highest BCUT2D eigenvalue weighted by atomic mass is 16.6. The summed E-state index contributed by atoms with van der Waals surface area (Å²) in [6.45, 7) is 10.3. The number of ether oxygens (including phenoxy) is 1. The number of rotatable bonds is 10. The van der Waals surface area contributed by atoms with Gasteiger partial charge in [0.05, 0.1) is 17.3 Å². The predicted octanol–water partition coefficient (Wildman–Crippen LogP) is 5.09. The maximum atomic E-state index is 12.5. The number of unbranched alkanes of at least 4 members (excludes halogenated alkanes) is 1. The van der Waals surface area contributed by atoms with Crippen LogP contribution in [0.2, 0.25) is 0 Å². The van der Waals surface area contributed by atoms with E-state index in [4.69, 9.17) is 4.74 Å². The first kappa shape index (κ1) is 30.2. The van der Waals surface area contributed by atoms with Crippen molar-refractivity contribution < 1.29 is 14.3 Å². The van der Waals surface area contributed by atoms with E-state index in [9.17, 15) is 9.59 Å². The Morgan fingerprint density at radius 2 is 1.95 bits per heavy atom. The van der Waals surface area contributed by atoms with Gasteiger partial charge in [-0.1, -0.05) is 24.8 Å².